The maximum absolute atomic E-state index is 10.3. The minimum atomic E-state index is -0.534. The predicted molar refractivity (Wildman–Crippen MR) is 76.3 cm³/mol. The Bertz CT molecular complexity index is 308. The number of hydrogen-bond donors (Lipinski definition) is 2. The summed E-state index contributed by atoms with van der Waals surface area (Å²) in [6.07, 6.45) is 5.19. The SMILES string of the molecule is CN=C(NCC1(O)CCCC1)N(C)CC1CCOC1. The fourth-order valence-electron chi connectivity index (χ4n) is 3.04. The molecule has 1 aliphatic heterocycles. The van der Waals surface area contributed by atoms with E-state index in [0.29, 0.717) is 12.5 Å². The van der Waals surface area contributed by atoms with E-state index in [9.17, 15) is 5.11 Å². The average molecular weight is 269 g/mol. The summed E-state index contributed by atoms with van der Waals surface area (Å²) in [5.74, 6) is 1.46. The van der Waals surface area contributed by atoms with Gasteiger partial charge in [0.15, 0.2) is 5.96 Å². The van der Waals surface area contributed by atoms with Crippen molar-refractivity contribution in [2.45, 2.75) is 37.7 Å². The van der Waals surface area contributed by atoms with Gasteiger partial charge in [-0.1, -0.05) is 12.8 Å². The van der Waals surface area contributed by atoms with Crippen LogP contribution in [0.2, 0.25) is 0 Å². The van der Waals surface area contributed by atoms with Crippen LogP contribution in [-0.2, 0) is 4.74 Å². The van der Waals surface area contributed by atoms with E-state index in [-0.39, 0.29) is 0 Å². The summed E-state index contributed by atoms with van der Waals surface area (Å²) in [5, 5.41) is 13.7. The van der Waals surface area contributed by atoms with Gasteiger partial charge >= 0.3 is 0 Å². The molecule has 0 aromatic carbocycles. The lowest BCUT2D eigenvalue weighted by Crippen LogP contribution is -2.47. The highest BCUT2D eigenvalue weighted by Gasteiger charge is 2.31. The molecule has 2 rings (SSSR count). The monoisotopic (exact) mass is 269 g/mol. The zero-order valence-corrected chi connectivity index (χ0v) is 12.2. The van der Waals surface area contributed by atoms with Crippen molar-refractivity contribution in [2.75, 3.05) is 40.4 Å². The molecule has 1 heterocycles. The van der Waals surface area contributed by atoms with Crippen LogP contribution in [0, 0.1) is 5.92 Å². The van der Waals surface area contributed by atoms with Crippen LogP contribution in [0.1, 0.15) is 32.1 Å². The van der Waals surface area contributed by atoms with Crippen molar-refractivity contribution in [1.29, 1.82) is 0 Å². The molecule has 1 aliphatic carbocycles. The van der Waals surface area contributed by atoms with Gasteiger partial charge in [-0.3, -0.25) is 4.99 Å². The molecule has 0 spiro atoms. The minimum absolute atomic E-state index is 0.534. The van der Waals surface area contributed by atoms with Crippen molar-refractivity contribution in [3.63, 3.8) is 0 Å². The van der Waals surface area contributed by atoms with Crippen LogP contribution in [0.3, 0.4) is 0 Å². The van der Waals surface area contributed by atoms with Crippen molar-refractivity contribution in [2.24, 2.45) is 10.9 Å². The number of aliphatic hydroxyl groups is 1. The molecule has 0 amide bonds. The van der Waals surface area contributed by atoms with Crippen LogP contribution in [0.5, 0.6) is 0 Å². The number of hydrogen-bond acceptors (Lipinski definition) is 3. The van der Waals surface area contributed by atoms with Crippen molar-refractivity contribution in [3.05, 3.63) is 0 Å². The summed E-state index contributed by atoms with van der Waals surface area (Å²) in [4.78, 5) is 6.44. The molecule has 2 fully saturated rings. The number of ether oxygens (including phenoxy) is 1. The van der Waals surface area contributed by atoms with Gasteiger partial charge in [-0.15, -0.1) is 0 Å². The largest absolute Gasteiger partial charge is 0.388 e. The van der Waals surface area contributed by atoms with Crippen molar-refractivity contribution in [3.8, 4) is 0 Å². The Morgan fingerprint density at radius 3 is 2.79 bits per heavy atom. The zero-order valence-electron chi connectivity index (χ0n) is 12.2. The molecule has 1 unspecified atom stereocenters. The summed E-state index contributed by atoms with van der Waals surface area (Å²) in [6.45, 7) is 3.29. The van der Waals surface area contributed by atoms with E-state index in [2.05, 4.69) is 15.2 Å². The van der Waals surface area contributed by atoms with Crippen molar-refractivity contribution in [1.82, 2.24) is 10.2 Å². The lowest BCUT2D eigenvalue weighted by atomic mass is 10.0. The third-order valence-electron chi connectivity index (χ3n) is 4.24. The highest BCUT2D eigenvalue weighted by molar-refractivity contribution is 5.79. The van der Waals surface area contributed by atoms with Crippen LogP contribution < -0.4 is 5.32 Å². The van der Waals surface area contributed by atoms with Crippen LogP contribution in [0.25, 0.3) is 0 Å². The first-order valence-electron chi connectivity index (χ1n) is 7.35. The molecule has 1 saturated carbocycles. The first-order valence-corrected chi connectivity index (χ1v) is 7.35. The lowest BCUT2D eigenvalue weighted by molar-refractivity contribution is 0.0516. The van der Waals surface area contributed by atoms with Gasteiger partial charge in [0.1, 0.15) is 0 Å². The van der Waals surface area contributed by atoms with Gasteiger partial charge in [-0.2, -0.15) is 0 Å². The Morgan fingerprint density at radius 1 is 1.47 bits per heavy atom. The number of aliphatic imine (C=N–C) groups is 1. The Balaban J connectivity index is 1.78. The van der Waals surface area contributed by atoms with E-state index in [4.69, 9.17) is 4.74 Å². The van der Waals surface area contributed by atoms with E-state index in [1.807, 2.05) is 7.05 Å². The number of nitrogens with zero attached hydrogens (tertiary/aromatic N) is 2. The highest BCUT2D eigenvalue weighted by Crippen LogP contribution is 2.28. The molecule has 2 aliphatic rings. The minimum Gasteiger partial charge on any atom is -0.388 e. The van der Waals surface area contributed by atoms with Gasteiger partial charge < -0.3 is 20.1 Å². The van der Waals surface area contributed by atoms with Gasteiger partial charge in [0.05, 0.1) is 12.2 Å². The fraction of sp³-hybridized carbons (Fsp3) is 0.929. The van der Waals surface area contributed by atoms with Gasteiger partial charge in [-0.25, -0.2) is 0 Å². The van der Waals surface area contributed by atoms with Crippen molar-refractivity contribution >= 4 is 5.96 Å². The second-order valence-electron chi connectivity index (χ2n) is 5.94. The summed E-state index contributed by atoms with van der Waals surface area (Å²) < 4.78 is 5.40. The molecule has 0 radical (unpaired) electrons. The Morgan fingerprint density at radius 2 is 2.21 bits per heavy atom. The number of nitrogens with one attached hydrogen (secondary N) is 1. The average Bonchev–Trinajstić information content (AvgIpc) is 3.02. The van der Waals surface area contributed by atoms with Crippen LogP contribution in [0.4, 0.5) is 0 Å². The molecule has 5 heteroatoms. The van der Waals surface area contributed by atoms with Gasteiger partial charge in [-0.05, 0) is 19.3 Å². The maximum atomic E-state index is 10.3. The summed E-state index contributed by atoms with van der Waals surface area (Å²) >= 11 is 0. The van der Waals surface area contributed by atoms with Crippen LogP contribution >= 0.6 is 0 Å². The quantitative estimate of drug-likeness (QED) is 0.586. The first-order chi connectivity index (χ1) is 9.13. The molecular weight excluding hydrogens is 242 g/mol. The summed E-state index contributed by atoms with van der Waals surface area (Å²) in [7, 11) is 3.84. The van der Waals surface area contributed by atoms with Gasteiger partial charge in [0.25, 0.3) is 0 Å². The zero-order chi connectivity index (χ0) is 13.7. The van der Waals surface area contributed by atoms with Crippen LogP contribution in [0.15, 0.2) is 4.99 Å². The standard InChI is InChI=1S/C14H27N3O2/c1-15-13(16-11-14(18)6-3-4-7-14)17(2)9-12-5-8-19-10-12/h12,18H,3-11H2,1-2H3,(H,15,16). The highest BCUT2D eigenvalue weighted by atomic mass is 16.5. The van der Waals surface area contributed by atoms with E-state index in [1.165, 1.54) is 0 Å². The molecule has 0 aromatic heterocycles. The molecule has 110 valence electrons. The van der Waals surface area contributed by atoms with E-state index >= 15 is 0 Å². The molecule has 1 atom stereocenters. The van der Waals surface area contributed by atoms with Crippen LogP contribution in [-0.4, -0.2) is 62.0 Å². The summed E-state index contributed by atoms with van der Waals surface area (Å²) in [6, 6.07) is 0. The Labute approximate surface area is 116 Å². The number of rotatable bonds is 4. The van der Waals surface area contributed by atoms with Gasteiger partial charge in [0.2, 0.25) is 0 Å². The second-order valence-corrected chi connectivity index (χ2v) is 5.94. The molecule has 0 bridgehead atoms. The normalized spacial score (nSPS) is 26.7. The van der Waals surface area contributed by atoms with Crippen molar-refractivity contribution < 1.29 is 9.84 Å². The molecule has 19 heavy (non-hydrogen) atoms. The predicted octanol–water partition coefficient (Wildman–Crippen LogP) is 0.835. The Hall–Kier alpha value is -0.810. The lowest BCUT2D eigenvalue weighted by Gasteiger charge is -2.28. The smallest absolute Gasteiger partial charge is 0.193 e. The van der Waals surface area contributed by atoms with E-state index < -0.39 is 5.60 Å². The molecule has 0 aromatic rings. The molecule has 1 saturated heterocycles. The number of guanidine groups is 1. The van der Waals surface area contributed by atoms with Gasteiger partial charge in [0, 0.05) is 39.7 Å². The second kappa shape index (κ2) is 6.57. The first kappa shape index (κ1) is 14.6. The molecule has 5 nitrogen and oxygen atoms in total. The summed E-state index contributed by atoms with van der Waals surface area (Å²) in [5.41, 5.74) is -0.534. The molecular formula is C14H27N3O2. The van der Waals surface area contributed by atoms with E-state index in [0.717, 1.165) is 57.8 Å². The van der Waals surface area contributed by atoms with E-state index in [1.54, 1.807) is 7.05 Å². The fourth-order valence-corrected chi connectivity index (χ4v) is 3.04. The maximum Gasteiger partial charge on any atom is 0.193 e. The topological polar surface area (TPSA) is 57.1 Å². The Kier molecular flexibility index (Phi) is 5.05. The third-order valence-corrected chi connectivity index (χ3v) is 4.24. The molecule has 2 N–H and O–H groups in total. The third kappa shape index (κ3) is 4.08.